The number of carbonyl (C=O) groups excluding carboxylic acids is 3. The maximum atomic E-state index is 13.5. The van der Waals surface area contributed by atoms with E-state index in [4.69, 9.17) is 4.74 Å². The van der Waals surface area contributed by atoms with Crippen molar-refractivity contribution < 1.29 is 23.5 Å². The van der Waals surface area contributed by atoms with Crippen LogP contribution in [0.1, 0.15) is 81.5 Å². The number of Topliss-reactive ketones (excluding diaryl/α,β-unsaturated/α-hetero) is 1. The molecule has 1 aromatic carbocycles. The molecule has 0 N–H and O–H groups in total. The molecule has 0 spiro atoms. The van der Waals surface area contributed by atoms with Crippen LogP contribution in [0.5, 0.6) is 0 Å². The molecule has 1 aromatic heterocycles. The number of methoxy groups -OCH3 is 1. The molecule has 1 heterocycles. The number of nitrogens with zero attached hydrogens (tertiary/aromatic N) is 2. The molecule has 0 bridgehead atoms. The van der Waals surface area contributed by atoms with E-state index in [1.54, 1.807) is 16.4 Å². The summed E-state index contributed by atoms with van der Waals surface area (Å²) in [5, 5.41) is 0. The first-order chi connectivity index (χ1) is 15.8. The fourth-order valence-electron chi connectivity index (χ4n) is 4.99. The van der Waals surface area contributed by atoms with Crippen LogP contribution in [0.4, 0.5) is 4.39 Å². The monoisotopic (exact) mass is 456 g/mol. The number of esters is 1. The number of halogens is 1. The molecular formula is C26H33FN2O4. The summed E-state index contributed by atoms with van der Waals surface area (Å²) in [6.07, 6.45) is 5.49. The lowest BCUT2D eigenvalue weighted by molar-refractivity contribution is 0.0587. The van der Waals surface area contributed by atoms with Crippen molar-refractivity contribution in [3.8, 4) is 0 Å². The minimum absolute atomic E-state index is 0.0945. The standard InChI is InChI=1S/C26H33FN2O4/c1-5-29-18(3)23(17(2)24(29)26(32)33-4)22(30)16-28(15-19-9-7-6-8-10-19)25(31)20-11-13-21(27)14-12-20/h11-14,19H,5-10,15-16H2,1-4H3. The molecule has 7 heteroatoms. The van der Waals surface area contributed by atoms with Crippen molar-refractivity contribution in [2.45, 2.75) is 59.4 Å². The summed E-state index contributed by atoms with van der Waals surface area (Å²) in [6, 6.07) is 5.42. The number of aromatic nitrogens is 1. The van der Waals surface area contributed by atoms with Gasteiger partial charge in [-0.05, 0) is 69.4 Å². The zero-order chi connectivity index (χ0) is 24.1. The van der Waals surface area contributed by atoms with Crippen LogP contribution in [-0.2, 0) is 11.3 Å². The average molecular weight is 457 g/mol. The van der Waals surface area contributed by atoms with Crippen molar-refractivity contribution in [2.24, 2.45) is 5.92 Å². The van der Waals surface area contributed by atoms with Gasteiger partial charge in [0.25, 0.3) is 5.91 Å². The molecule has 1 saturated carbocycles. The van der Waals surface area contributed by atoms with Crippen molar-refractivity contribution >= 4 is 17.7 Å². The van der Waals surface area contributed by atoms with Crippen molar-refractivity contribution in [3.05, 3.63) is 58.2 Å². The molecule has 0 saturated heterocycles. The maximum Gasteiger partial charge on any atom is 0.354 e. The Balaban J connectivity index is 1.92. The van der Waals surface area contributed by atoms with Crippen LogP contribution < -0.4 is 0 Å². The number of hydrogen-bond acceptors (Lipinski definition) is 4. The third-order valence-electron chi connectivity index (χ3n) is 6.66. The van der Waals surface area contributed by atoms with Crippen LogP contribution >= 0.6 is 0 Å². The summed E-state index contributed by atoms with van der Waals surface area (Å²) < 4.78 is 20.1. The minimum Gasteiger partial charge on any atom is -0.464 e. The molecule has 178 valence electrons. The van der Waals surface area contributed by atoms with Gasteiger partial charge < -0.3 is 14.2 Å². The highest BCUT2D eigenvalue weighted by atomic mass is 19.1. The van der Waals surface area contributed by atoms with Crippen LogP contribution in [0.15, 0.2) is 24.3 Å². The molecule has 1 fully saturated rings. The second-order valence-corrected chi connectivity index (χ2v) is 8.79. The van der Waals surface area contributed by atoms with Gasteiger partial charge in [0.15, 0.2) is 5.78 Å². The van der Waals surface area contributed by atoms with Gasteiger partial charge in [-0.3, -0.25) is 9.59 Å². The van der Waals surface area contributed by atoms with Crippen LogP contribution in [0, 0.1) is 25.6 Å². The molecule has 2 aromatic rings. The fourth-order valence-corrected chi connectivity index (χ4v) is 4.99. The Bertz CT molecular complexity index is 1020. The molecular weight excluding hydrogens is 423 g/mol. The van der Waals surface area contributed by atoms with E-state index in [9.17, 15) is 18.8 Å². The molecule has 1 aliphatic carbocycles. The lowest BCUT2D eigenvalue weighted by Gasteiger charge is -2.29. The Morgan fingerprint density at radius 2 is 1.73 bits per heavy atom. The van der Waals surface area contributed by atoms with E-state index >= 15 is 0 Å². The van der Waals surface area contributed by atoms with E-state index in [-0.39, 0.29) is 18.2 Å². The van der Waals surface area contributed by atoms with E-state index in [0.29, 0.717) is 47.1 Å². The van der Waals surface area contributed by atoms with E-state index in [0.717, 1.165) is 25.7 Å². The van der Waals surface area contributed by atoms with Crippen LogP contribution in [0.25, 0.3) is 0 Å². The zero-order valence-corrected chi connectivity index (χ0v) is 19.9. The molecule has 6 nitrogen and oxygen atoms in total. The van der Waals surface area contributed by atoms with Crippen LogP contribution in [0.2, 0.25) is 0 Å². The summed E-state index contributed by atoms with van der Waals surface area (Å²) in [5.41, 5.74) is 2.43. The highest BCUT2D eigenvalue weighted by molar-refractivity contribution is 6.06. The summed E-state index contributed by atoms with van der Waals surface area (Å²) in [6.45, 7) is 6.36. The van der Waals surface area contributed by atoms with Gasteiger partial charge in [0.1, 0.15) is 11.5 Å². The Kier molecular flexibility index (Phi) is 8.06. The second kappa shape index (κ2) is 10.8. The highest BCUT2D eigenvalue weighted by Crippen LogP contribution is 2.27. The Morgan fingerprint density at radius 3 is 2.30 bits per heavy atom. The number of ketones is 1. The van der Waals surface area contributed by atoms with Crippen molar-refractivity contribution in [1.29, 1.82) is 0 Å². The summed E-state index contributed by atoms with van der Waals surface area (Å²) in [5.74, 6) is -1.06. The highest BCUT2D eigenvalue weighted by Gasteiger charge is 2.29. The first-order valence-corrected chi connectivity index (χ1v) is 11.6. The number of hydrogen-bond donors (Lipinski definition) is 0. The van der Waals surface area contributed by atoms with Gasteiger partial charge in [0, 0.05) is 29.9 Å². The zero-order valence-electron chi connectivity index (χ0n) is 19.9. The molecule has 0 radical (unpaired) electrons. The SMILES string of the molecule is CCn1c(C)c(C(=O)CN(CC2CCCCC2)C(=O)c2ccc(F)cc2)c(C)c1C(=O)OC. The first-order valence-electron chi connectivity index (χ1n) is 11.6. The lowest BCUT2D eigenvalue weighted by Crippen LogP contribution is -2.40. The number of amides is 1. The average Bonchev–Trinajstić information content (AvgIpc) is 3.08. The molecule has 0 atom stereocenters. The summed E-state index contributed by atoms with van der Waals surface area (Å²) >= 11 is 0. The Labute approximate surface area is 194 Å². The lowest BCUT2D eigenvalue weighted by atomic mass is 9.88. The predicted molar refractivity (Wildman–Crippen MR) is 124 cm³/mol. The topological polar surface area (TPSA) is 68.6 Å². The van der Waals surface area contributed by atoms with Gasteiger partial charge in [0.2, 0.25) is 0 Å². The van der Waals surface area contributed by atoms with E-state index in [1.807, 2.05) is 13.8 Å². The van der Waals surface area contributed by atoms with Crippen molar-refractivity contribution in [3.63, 3.8) is 0 Å². The van der Waals surface area contributed by atoms with Crippen LogP contribution in [-0.4, -0.2) is 47.3 Å². The Morgan fingerprint density at radius 1 is 1.09 bits per heavy atom. The third kappa shape index (κ3) is 5.34. The fraction of sp³-hybridized carbons (Fsp3) is 0.500. The maximum absolute atomic E-state index is 13.5. The largest absolute Gasteiger partial charge is 0.464 e. The van der Waals surface area contributed by atoms with Gasteiger partial charge >= 0.3 is 5.97 Å². The molecule has 0 aliphatic heterocycles. The minimum atomic E-state index is -0.488. The number of benzene rings is 1. The van der Waals surface area contributed by atoms with Crippen molar-refractivity contribution in [1.82, 2.24) is 9.47 Å². The van der Waals surface area contributed by atoms with Gasteiger partial charge in [-0.1, -0.05) is 19.3 Å². The van der Waals surface area contributed by atoms with Crippen LogP contribution in [0.3, 0.4) is 0 Å². The number of ether oxygens (including phenoxy) is 1. The van der Waals surface area contributed by atoms with E-state index in [2.05, 4.69) is 0 Å². The molecule has 33 heavy (non-hydrogen) atoms. The third-order valence-corrected chi connectivity index (χ3v) is 6.66. The van der Waals surface area contributed by atoms with Gasteiger partial charge in [-0.25, -0.2) is 9.18 Å². The van der Waals surface area contributed by atoms with E-state index < -0.39 is 11.8 Å². The number of carbonyl (C=O) groups is 3. The molecule has 1 aliphatic rings. The van der Waals surface area contributed by atoms with Crippen molar-refractivity contribution in [2.75, 3.05) is 20.2 Å². The van der Waals surface area contributed by atoms with Gasteiger partial charge in [-0.2, -0.15) is 0 Å². The molecule has 3 rings (SSSR count). The van der Waals surface area contributed by atoms with E-state index in [1.165, 1.54) is 37.8 Å². The molecule has 0 unspecified atom stereocenters. The molecule has 1 amide bonds. The summed E-state index contributed by atoms with van der Waals surface area (Å²) in [4.78, 5) is 40.8. The quantitative estimate of drug-likeness (QED) is 0.416. The second-order valence-electron chi connectivity index (χ2n) is 8.79. The predicted octanol–water partition coefficient (Wildman–Crippen LogP) is 4.96. The normalized spacial score (nSPS) is 14.2. The first kappa shape index (κ1) is 24.7. The summed E-state index contributed by atoms with van der Waals surface area (Å²) in [7, 11) is 1.32. The van der Waals surface area contributed by atoms with Gasteiger partial charge in [0.05, 0.1) is 13.7 Å². The smallest absolute Gasteiger partial charge is 0.354 e. The van der Waals surface area contributed by atoms with Gasteiger partial charge in [-0.15, -0.1) is 0 Å². The number of rotatable bonds is 8. The Hall–Kier alpha value is -2.96.